The highest BCUT2D eigenvalue weighted by atomic mass is 15.6. The normalized spacial score (nSPS) is 12.2. The molecule has 25 heavy (non-hydrogen) atoms. The Morgan fingerprint density at radius 1 is 0.920 bits per heavy atom. The molecule has 1 unspecified atom stereocenters. The Bertz CT molecular complexity index is 739. The second-order valence-electron chi connectivity index (χ2n) is 6.46. The van der Waals surface area contributed by atoms with Gasteiger partial charge in [-0.3, -0.25) is 0 Å². The number of rotatable bonds is 9. The molecule has 0 radical (unpaired) electrons. The van der Waals surface area contributed by atoms with Crippen LogP contribution in [0.3, 0.4) is 0 Å². The molecule has 130 valence electrons. The minimum atomic E-state index is 0.326. The average Bonchev–Trinajstić information content (AvgIpc) is 3.16. The molecule has 1 atom stereocenters. The summed E-state index contributed by atoms with van der Waals surface area (Å²) < 4.78 is 0. The fourth-order valence-corrected chi connectivity index (χ4v) is 2.90. The van der Waals surface area contributed by atoms with Gasteiger partial charge in [0.1, 0.15) is 0 Å². The van der Waals surface area contributed by atoms with Crippen LogP contribution in [0.5, 0.6) is 0 Å². The van der Waals surface area contributed by atoms with Crippen LogP contribution in [-0.4, -0.2) is 25.2 Å². The van der Waals surface area contributed by atoms with E-state index >= 15 is 0 Å². The van der Waals surface area contributed by atoms with E-state index in [1.54, 1.807) is 6.20 Å². The van der Waals surface area contributed by atoms with E-state index in [1.165, 1.54) is 42.5 Å². The molecule has 0 fully saturated rings. The molecular weight excluding hydrogens is 310 g/mol. The quantitative estimate of drug-likeness (QED) is 0.545. The van der Waals surface area contributed by atoms with E-state index in [4.69, 9.17) is 0 Å². The molecule has 0 N–H and O–H groups in total. The zero-order chi connectivity index (χ0) is 17.3. The van der Waals surface area contributed by atoms with Crippen molar-refractivity contribution in [3.8, 4) is 5.82 Å². The van der Waals surface area contributed by atoms with Crippen molar-refractivity contribution in [1.29, 1.82) is 0 Å². The van der Waals surface area contributed by atoms with E-state index in [0.717, 1.165) is 12.2 Å². The zero-order valence-corrected chi connectivity index (χ0v) is 14.8. The Labute approximate surface area is 149 Å². The van der Waals surface area contributed by atoms with Crippen molar-refractivity contribution in [1.82, 2.24) is 25.2 Å². The van der Waals surface area contributed by atoms with E-state index in [1.807, 2.05) is 18.2 Å². The summed E-state index contributed by atoms with van der Waals surface area (Å²) in [7, 11) is 0. The van der Waals surface area contributed by atoms with Gasteiger partial charge in [-0.15, -0.1) is 15.0 Å². The van der Waals surface area contributed by atoms with E-state index in [2.05, 4.69) is 57.7 Å². The Kier molecular flexibility index (Phi) is 6.26. The summed E-state index contributed by atoms with van der Waals surface area (Å²) in [4.78, 5) is 5.75. The van der Waals surface area contributed by atoms with Crippen LogP contribution in [0.2, 0.25) is 0 Å². The number of benzene rings is 1. The maximum atomic E-state index is 4.47. The van der Waals surface area contributed by atoms with Gasteiger partial charge in [0.15, 0.2) is 11.6 Å². The fraction of sp³-hybridized carbons (Fsp3) is 0.400. The van der Waals surface area contributed by atoms with Crippen LogP contribution in [0.4, 0.5) is 0 Å². The second-order valence-corrected chi connectivity index (χ2v) is 6.46. The van der Waals surface area contributed by atoms with Gasteiger partial charge in [0.05, 0.1) is 0 Å². The number of hydrogen-bond donors (Lipinski definition) is 0. The SMILES string of the molecule is CC(CCCCCCc1ccccc1)c1nnn(-c2ccccn2)n1. The third-order valence-corrected chi connectivity index (χ3v) is 4.42. The lowest BCUT2D eigenvalue weighted by Crippen LogP contribution is -2.02. The zero-order valence-electron chi connectivity index (χ0n) is 14.8. The summed E-state index contributed by atoms with van der Waals surface area (Å²) in [6.45, 7) is 2.17. The van der Waals surface area contributed by atoms with Gasteiger partial charge < -0.3 is 0 Å². The Morgan fingerprint density at radius 2 is 1.72 bits per heavy atom. The van der Waals surface area contributed by atoms with Gasteiger partial charge in [-0.2, -0.15) is 0 Å². The Balaban J connectivity index is 1.37. The van der Waals surface area contributed by atoms with Crippen LogP contribution in [0.25, 0.3) is 5.82 Å². The van der Waals surface area contributed by atoms with Gasteiger partial charge in [-0.05, 0) is 42.2 Å². The van der Waals surface area contributed by atoms with E-state index < -0.39 is 0 Å². The third-order valence-electron chi connectivity index (χ3n) is 4.42. The second kappa shape index (κ2) is 9.06. The third kappa shape index (κ3) is 5.21. The van der Waals surface area contributed by atoms with Crippen molar-refractivity contribution in [2.75, 3.05) is 0 Å². The molecule has 0 spiro atoms. The lowest BCUT2D eigenvalue weighted by molar-refractivity contribution is 0.553. The standard InChI is InChI=1S/C20H25N5/c1-17(11-5-2-3-6-12-18-13-7-4-8-14-18)20-22-24-25(23-20)19-15-9-10-16-21-19/h4,7-10,13-17H,2-3,5-6,11-12H2,1H3. The number of hydrogen-bond acceptors (Lipinski definition) is 4. The number of aromatic nitrogens is 5. The summed E-state index contributed by atoms with van der Waals surface area (Å²) in [6, 6.07) is 16.4. The lowest BCUT2D eigenvalue weighted by atomic mass is 10.0. The maximum Gasteiger partial charge on any atom is 0.178 e. The van der Waals surface area contributed by atoms with Crippen molar-refractivity contribution < 1.29 is 0 Å². The summed E-state index contributed by atoms with van der Waals surface area (Å²) in [5.41, 5.74) is 1.44. The summed E-state index contributed by atoms with van der Waals surface area (Å²) in [5, 5.41) is 12.8. The van der Waals surface area contributed by atoms with Crippen LogP contribution in [0.1, 0.15) is 56.3 Å². The summed E-state index contributed by atoms with van der Waals surface area (Å²) in [5.74, 6) is 1.83. The molecule has 0 amide bonds. The van der Waals surface area contributed by atoms with Crippen molar-refractivity contribution in [3.63, 3.8) is 0 Å². The molecule has 3 aromatic rings. The highest BCUT2D eigenvalue weighted by Gasteiger charge is 2.12. The molecule has 0 aliphatic carbocycles. The van der Waals surface area contributed by atoms with Crippen molar-refractivity contribution in [2.24, 2.45) is 0 Å². The fourth-order valence-electron chi connectivity index (χ4n) is 2.90. The largest absolute Gasteiger partial charge is 0.236 e. The molecule has 2 heterocycles. The molecule has 2 aromatic heterocycles. The minimum absolute atomic E-state index is 0.326. The monoisotopic (exact) mass is 335 g/mol. The highest BCUT2D eigenvalue weighted by Crippen LogP contribution is 2.19. The van der Waals surface area contributed by atoms with E-state index in [9.17, 15) is 0 Å². The lowest BCUT2D eigenvalue weighted by Gasteiger charge is -2.06. The Hall–Kier alpha value is -2.56. The first kappa shape index (κ1) is 17.3. The number of aryl methyl sites for hydroxylation is 1. The first-order chi connectivity index (χ1) is 12.3. The number of pyridine rings is 1. The first-order valence-corrected chi connectivity index (χ1v) is 9.08. The number of nitrogens with zero attached hydrogens (tertiary/aromatic N) is 5. The van der Waals surface area contributed by atoms with Crippen molar-refractivity contribution in [2.45, 2.75) is 51.4 Å². The van der Waals surface area contributed by atoms with Gasteiger partial charge in [-0.1, -0.05) is 62.6 Å². The predicted molar refractivity (Wildman–Crippen MR) is 98.6 cm³/mol. The van der Waals surface area contributed by atoms with Crippen LogP contribution in [0.15, 0.2) is 54.7 Å². The molecule has 0 saturated heterocycles. The maximum absolute atomic E-state index is 4.47. The minimum Gasteiger partial charge on any atom is -0.236 e. The molecule has 3 rings (SSSR count). The van der Waals surface area contributed by atoms with E-state index in [0.29, 0.717) is 11.7 Å². The van der Waals surface area contributed by atoms with Crippen LogP contribution >= 0.6 is 0 Å². The van der Waals surface area contributed by atoms with Crippen LogP contribution in [-0.2, 0) is 6.42 Å². The summed E-state index contributed by atoms with van der Waals surface area (Å²) >= 11 is 0. The Morgan fingerprint density at radius 3 is 2.52 bits per heavy atom. The molecular formula is C20H25N5. The summed E-state index contributed by atoms with van der Waals surface area (Å²) in [6.07, 6.45) is 8.99. The smallest absolute Gasteiger partial charge is 0.178 e. The van der Waals surface area contributed by atoms with Gasteiger partial charge in [0, 0.05) is 12.1 Å². The molecule has 5 nitrogen and oxygen atoms in total. The number of unbranched alkanes of at least 4 members (excludes halogenated alkanes) is 3. The molecule has 1 aromatic carbocycles. The van der Waals surface area contributed by atoms with Crippen molar-refractivity contribution in [3.05, 3.63) is 66.1 Å². The van der Waals surface area contributed by atoms with Gasteiger partial charge >= 0.3 is 0 Å². The van der Waals surface area contributed by atoms with Crippen LogP contribution < -0.4 is 0 Å². The molecule has 0 bridgehead atoms. The number of tetrazole rings is 1. The molecule has 0 aliphatic heterocycles. The highest BCUT2D eigenvalue weighted by molar-refractivity contribution is 5.17. The van der Waals surface area contributed by atoms with Gasteiger partial charge in [0.2, 0.25) is 0 Å². The van der Waals surface area contributed by atoms with Gasteiger partial charge in [0.25, 0.3) is 0 Å². The first-order valence-electron chi connectivity index (χ1n) is 9.08. The van der Waals surface area contributed by atoms with Gasteiger partial charge in [-0.25, -0.2) is 4.98 Å². The van der Waals surface area contributed by atoms with E-state index in [-0.39, 0.29) is 0 Å². The topological polar surface area (TPSA) is 56.5 Å². The van der Waals surface area contributed by atoms with Crippen LogP contribution in [0, 0.1) is 0 Å². The predicted octanol–water partition coefficient (Wildman–Crippen LogP) is 4.35. The molecule has 0 saturated carbocycles. The average molecular weight is 335 g/mol. The molecule has 5 heteroatoms. The van der Waals surface area contributed by atoms with Crippen molar-refractivity contribution >= 4 is 0 Å². The molecule has 0 aliphatic rings.